The lowest BCUT2D eigenvalue weighted by Gasteiger charge is -2.21. The maximum Gasteiger partial charge on any atom is 0.231 e. The second-order valence-electron chi connectivity index (χ2n) is 6.35. The molecule has 130 valence electrons. The lowest BCUT2D eigenvalue weighted by atomic mass is 9.89. The van der Waals surface area contributed by atoms with Gasteiger partial charge in [0.1, 0.15) is 6.29 Å². The van der Waals surface area contributed by atoms with Gasteiger partial charge in [0.05, 0.1) is 13.2 Å². The zero-order valence-corrected chi connectivity index (χ0v) is 13.8. The fourth-order valence-corrected chi connectivity index (χ4v) is 3.31. The molecule has 2 aliphatic rings. The van der Waals surface area contributed by atoms with Crippen LogP contribution in [0.4, 0.5) is 0 Å². The highest BCUT2D eigenvalue weighted by molar-refractivity contribution is 5.55. The van der Waals surface area contributed by atoms with E-state index in [1.165, 1.54) is 0 Å². The summed E-state index contributed by atoms with van der Waals surface area (Å²) in [5.74, 6) is 1.34. The van der Waals surface area contributed by atoms with Crippen LogP contribution in [0.2, 0.25) is 0 Å². The number of hydrogen-bond donors (Lipinski definition) is 0. The van der Waals surface area contributed by atoms with Crippen molar-refractivity contribution in [2.75, 3.05) is 13.4 Å². The molecule has 3 atom stereocenters. The van der Waals surface area contributed by atoms with Crippen molar-refractivity contribution in [3.63, 3.8) is 0 Å². The van der Waals surface area contributed by atoms with E-state index in [0.29, 0.717) is 19.6 Å². The summed E-state index contributed by atoms with van der Waals surface area (Å²) in [4.78, 5) is 11.4. The van der Waals surface area contributed by atoms with Crippen LogP contribution in [0.25, 0.3) is 0 Å². The number of carbonyl (C=O) groups excluding carboxylic acids is 1. The molecule has 0 aliphatic carbocycles. The van der Waals surface area contributed by atoms with Gasteiger partial charge in [-0.1, -0.05) is 36.4 Å². The van der Waals surface area contributed by atoms with Crippen LogP contribution in [-0.4, -0.2) is 26.0 Å². The zero-order valence-electron chi connectivity index (χ0n) is 13.8. The van der Waals surface area contributed by atoms with Gasteiger partial charge in [0.25, 0.3) is 0 Å². The summed E-state index contributed by atoms with van der Waals surface area (Å²) in [7, 11) is 0. The summed E-state index contributed by atoms with van der Waals surface area (Å²) in [6.07, 6.45) is 1.28. The SMILES string of the molecule is O=CC1COC(OCc2ccccc2)C1Cc1ccc2c(c1)OCO2. The fourth-order valence-electron chi connectivity index (χ4n) is 3.31. The van der Waals surface area contributed by atoms with Gasteiger partial charge in [0.15, 0.2) is 17.8 Å². The predicted octanol–water partition coefficient (Wildman–Crippen LogP) is 2.96. The number of hydrogen-bond acceptors (Lipinski definition) is 5. The van der Waals surface area contributed by atoms with Crippen molar-refractivity contribution < 1.29 is 23.7 Å². The van der Waals surface area contributed by atoms with E-state index in [1.54, 1.807) is 0 Å². The average molecular weight is 340 g/mol. The third kappa shape index (κ3) is 3.52. The van der Waals surface area contributed by atoms with Crippen molar-refractivity contribution in [1.82, 2.24) is 0 Å². The molecule has 4 rings (SSSR count). The van der Waals surface area contributed by atoms with E-state index in [0.717, 1.165) is 28.9 Å². The van der Waals surface area contributed by atoms with Gasteiger partial charge in [-0.25, -0.2) is 0 Å². The smallest absolute Gasteiger partial charge is 0.231 e. The summed E-state index contributed by atoms with van der Waals surface area (Å²) in [5.41, 5.74) is 2.17. The van der Waals surface area contributed by atoms with Gasteiger partial charge in [-0.15, -0.1) is 0 Å². The molecule has 0 amide bonds. The first-order chi connectivity index (χ1) is 12.3. The molecule has 2 aliphatic heterocycles. The Bertz CT molecular complexity index is 730. The topological polar surface area (TPSA) is 54.0 Å². The molecule has 25 heavy (non-hydrogen) atoms. The van der Waals surface area contributed by atoms with Crippen molar-refractivity contribution in [3.8, 4) is 11.5 Å². The van der Waals surface area contributed by atoms with Crippen molar-refractivity contribution in [2.24, 2.45) is 11.8 Å². The minimum Gasteiger partial charge on any atom is -0.454 e. The molecule has 0 bridgehead atoms. The third-order valence-corrected chi connectivity index (χ3v) is 4.69. The van der Waals surface area contributed by atoms with Gasteiger partial charge in [-0.3, -0.25) is 0 Å². The lowest BCUT2D eigenvalue weighted by molar-refractivity contribution is -0.139. The second-order valence-corrected chi connectivity index (χ2v) is 6.35. The van der Waals surface area contributed by atoms with E-state index >= 15 is 0 Å². The largest absolute Gasteiger partial charge is 0.454 e. The number of aldehydes is 1. The Labute approximate surface area is 146 Å². The van der Waals surface area contributed by atoms with Gasteiger partial charge < -0.3 is 23.7 Å². The Hall–Kier alpha value is -2.37. The lowest BCUT2D eigenvalue weighted by Crippen LogP contribution is -2.26. The van der Waals surface area contributed by atoms with E-state index in [2.05, 4.69) is 0 Å². The van der Waals surface area contributed by atoms with Gasteiger partial charge >= 0.3 is 0 Å². The average Bonchev–Trinajstić information content (AvgIpc) is 3.27. The van der Waals surface area contributed by atoms with E-state index in [-0.39, 0.29) is 24.9 Å². The number of rotatable bonds is 6. The molecule has 0 saturated carbocycles. The molecule has 3 unspecified atom stereocenters. The van der Waals surface area contributed by atoms with E-state index < -0.39 is 0 Å². The highest BCUT2D eigenvalue weighted by atomic mass is 16.7. The Balaban J connectivity index is 1.45. The van der Waals surface area contributed by atoms with Crippen molar-refractivity contribution in [1.29, 1.82) is 0 Å². The second kappa shape index (κ2) is 7.25. The first-order valence-corrected chi connectivity index (χ1v) is 8.44. The third-order valence-electron chi connectivity index (χ3n) is 4.69. The molecule has 2 aromatic rings. The van der Waals surface area contributed by atoms with Crippen LogP contribution >= 0.6 is 0 Å². The summed E-state index contributed by atoms with van der Waals surface area (Å²) in [5, 5.41) is 0. The number of benzene rings is 2. The molecule has 5 heteroatoms. The van der Waals surface area contributed by atoms with Crippen molar-refractivity contribution >= 4 is 6.29 Å². The number of ether oxygens (including phenoxy) is 4. The monoisotopic (exact) mass is 340 g/mol. The maximum atomic E-state index is 11.4. The maximum absolute atomic E-state index is 11.4. The Morgan fingerprint density at radius 2 is 1.88 bits per heavy atom. The fraction of sp³-hybridized carbons (Fsp3) is 0.350. The molecule has 0 N–H and O–H groups in total. The van der Waals surface area contributed by atoms with Crippen LogP contribution in [0.1, 0.15) is 11.1 Å². The Morgan fingerprint density at radius 3 is 2.72 bits per heavy atom. The first kappa shape index (κ1) is 16.1. The predicted molar refractivity (Wildman–Crippen MR) is 90.3 cm³/mol. The van der Waals surface area contributed by atoms with Crippen LogP contribution in [0.15, 0.2) is 48.5 Å². The van der Waals surface area contributed by atoms with E-state index in [9.17, 15) is 4.79 Å². The normalized spacial score (nSPS) is 24.4. The summed E-state index contributed by atoms with van der Waals surface area (Å²) < 4.78 is 22.5. The molecule has 5 nitrogen and oxygen atoms in total. The van der Waals surface area contributed by atoms with E-state index in [4.69, 9.17) is 18.9 Å². The molecule has 2 heterocycles. The van der Waals surface area contributed by atoms with Crippen LogP contribution in [0, 0.1) is 11.8 Å². The first-order valence-electron chi connectivity index (χ1n) is 8.44. The minimum absolute atomic E-state index is 0.0124. The van der Waals surface area contributed by atoms with Gasteiger partial charge in [0.2, 0.25) is 6.79 Å². The van der Waals surface area contributed by atoms with Crippen LogP contribution < -0.4 is 9.47 Å². The van der Waals surface area contributed by atoms with Gasteiger partial charge in [0, 0.05) is 11.8 Å². The number of fused-ring (bicyclic) bond motifs is 1. The molecule has 0 radical (unpaired) electrons. The van der Waals surface area contributed by atoms with Crippen molar-refractivity contribution in [2.45, 2.75) is 19.3 Å². The highest BCUT2D eigenvalue weighted by Crippen LogP contribution is 2.36. The summed E-state index contributed by atoms with van der Waals surface area (Å²) >= 11 is 0. The Morgan fingerprint density at radius 1 is 1.04 bits per heavy atom. The van der Waals surface area contributed by atoms with E-state index in [1.807, 2.05) is 48.5 Å². The molecular formula is C20H20O5. The molecular weight excluding hydrogens is 320 g/mol. The molecule has 1 fully saturated rings. The van der Waals surface area contributed by atoms with Gasteiger partial charge in [-0.2, -0.15) is 0 Å². The minimum atomic E-state index is -0.388. The molecule has 0 aromatic heterocycles. The molecule has 0 spiro atoms. The van der Waals surface area contributed by atoms with Crippen molar-refractivity contribution in [3.05, 3.63) is 59.7 Å². The zero-order chi connectivity index (χ0) is 17.1. The van der Waals surface area contributed by atoms with Crippen LogP contribution in [0.5, 0.6) is 11.5 Å². The summed E-state index contributed by atoms with van der Waals surface area (Å²) in [6.45, 7) is 1.12. The van der Waals surface area contributed by atoms with Crippen LogP contribution in [-0.2, 0) is 27.3 Å². The molecule has 1 saturated heterocycles. The number of carbonyl (C=O) groups is 1. The standard InChI is InChI=1S/C20H20O5/c21-10-16-12-23-20(22-11-14-4-2-1-3-5-14)17(16)8-15-6-7-18-19(9-15)25-13-24-18/h1-7,9-10,16-17,20H,8,11-13H2. The summed E-state index contributed by atoms with van der Waals surface area (Å²) in [6, 6.07) is 15.8. The van der Waals surface area contributed by atoms with Gasteiger partial charge in [-0.05, 0) is 29.7 Å². The van der Waals surface area contributed by atoms with Crippen LogP contribution in [0.3, 0.4) is 0 Å². The molecule has 2 aromatic carbocycles. The highest BCUT2D eigenvalue weighted by Gasteiger charge is 2.38. The Kier molecular flexibility index (Phi) is 4.68. The quantitative estimate of drug-likeness (QED) is 0.757.